The molecule has 0 saturated heterocycles. The van der Waals surface area contributed by atoms with Gasteiger partial charge in [-0.05, 0) is 24.3 Å². The van der Waals surface area contributed by atoms with Gasteiger partial charge in [0.2, 0.25) is 0 Å². The molecule has 0 atom stereocenters. The molecule has 1 aromatic rings. The van der Waals surface area contributed by atoms with Crippen molar-refractivity contribution >= 4 is 48.5 Å². The zero-order valence-electron chi connectivity index (χ0n) is 5.57. The van der Waals surface area contributed by atoms with Crippen LogP contribution in [0.5, 0.6) is 5.75 Å². The van der Waals surface area contributed by atoms with Crippen molar-refractivity contribution in [2.45, 2.75) is 0 Å². The summed E-state index contributed by atoms with van der Waals surface area (Å²) in [5.41, 5.74) is 0. The third-order valence-corrected chi connectivity index (χ3v) is 1.31. The summed E-state index contributed by atoms with van der Waals surface area (Å²) in [6.07, 6.45) is 0. The zero-order chi connectivity index (χ0) is 8.27. The molecule has 0 radical (unpaired) electrons. The SMILES string of the molecule is OB(O)Oc1ccc(Cl)cc1.[NaH]. The van der Waals surface area contributed by atoms with Crippen LogP contribution in [-0.4, -0.2) is 46.9 Å². The van der Waals surface area contributed by atoms with E-state index in [4.69, 9.17) is 21.6 Å². The summed E-state index contributed by atoms with van der Waals surface area (Å²) in [6, 6.07) is 6.28. The molecule has 0 heterocycles. The van der Waals surface area contributed by atoms with Crippen LogP contribution in [0.15, 0.2) is 24.3 Å². The number of benzene rings is 1. The number of halogens is 1. The number of hydrogen-bond acceptors (Lipinski definition) is 3. The first kappa shape index (κ1) is 12.3. The molecule has 0 amide bonds. The molecule has 60 valence electrons. The summed E-state index contributed by atoms with van der Waals surface area (Å²) in [5.74, 6) is 0.365. The standard InChI is InChI=1S/C6H6BClO3.Na.H/c8-5-1-3-6(4-2-5)11-7(9)10;;/h1-4,9-10H;;. The van der Waals surface area contributed by atoms with Gasteiger partial charge < -0.3 is 14.7 Å². The second-order valence-electron chi connectivity index (χ2n) is 1.90. The van der Waals surface area contributed by atoms with Gasteiger partial charge in [0.25, 0.3) is 0 Å². The summed E-state index contributed by atoms with van der Waals surface area (Å²) < 4.78 is 4.52. The van der Waals surface area contributed by atoms with Crippen molar-refractivity contribution in [3.8, 4) is 5.75 Å². The summed E-state index contributed by atoms with van der Waals surface area (Å²) in [6.45, 7) is 0. The number of hydrogen-bond donors (Lipinski definition) is 2. The predicted molar refractivity (Wildman–Crippen MR) is 49.4 cm³/mol. The first-order valence-electron chi connectivity index (χ1n) is 2.97. The number of rotatable bonds is 2. The van der Waals surface area contributed by atoms with E-state index in [0.717, 1.165) is 0 Å². The van der Waals surface area contributed by atoms with E-state index in [1.165, 1.54) is 0 Å². The first-order valence-corrected chi connectivity index (χ1v) is 3.34. The monoisotopic (exact) mass is 196 g/mol. The molecule has 0 bridgehead atoms. The van der Waals surface area contributed by atoms with Gasteiger partial charge in [-0.25, -0.2) is 0 Å². The molecule has 1 aromatic carbocycles. The Balaban J connectivity index is 0.00000121. The fraction of sp³-hybridized carbons (Fsp3) is 0. The molecule has 2 N–H and O–H groups in total. The molecule has 0 fully saturated rings. The van der Waals surface area contributed by atoms with Crippen LogP contribution in [0.25, 0.3) is 0 Å². The fourth-order valence-corrected chi connectivity index (χ4v) is 0.761. The van der Waals surface area contributed by atoms with Gasteiger partial charge in [0.1, 0.15) is 5.75 Å². The van der Waals surface area contributed by atoms with Crippen LogP contribution in [0.2, 0.25) is 5.02 Å². The Bertz CT molecular complexity index is 229. The van der Waals surface area contributed by atoms with Crippen LogP contribution in [0.3, 0.4) is 0 Å². The van der Waals surface area contributed by atoms with Gasteiger partial charge >= 0.3 is 36.9 Å². The Morgan fingerprint density at radius 3 is 2.08 bits per heavy atom. The van der Waals surface area contributed by atoms with E-state index in [0.29, 0.717) is 10.8 Å². The molecule has 6 heteroatoms. The second-order valence-corrected chi connectivity index (χ2v) is 2.33. The molecule has 12 heavy (non-hydrogen) atoms. The van der Waals surface area contributed by atoms with E-state index in [1.807, 2.05) is 0 Å². The maximum atomic E-state index is 8.38. The average molecular weight is 196 g/mol. The van der Waals surface area contributed by atoms with E-state index >= 15 is 0 Å². The molecule has 0 spiro atoms. The molecular weight excluding hydrogens is 189 g/mol. The minimum atomic E-state index is -1.78. The Labute approximate surface area is 97.8 Å². The summed E-state index contributed by atoms with van der Waals surface area (Å²) in [5, 5.41) is 17.3. The van der Waals surface area contributed by atoms with Crippen molar-refractivity contribution in [3.63, 3.8) is 0 Å². The van der Waals surface area contributed by atoms with Crippen LogP contribution >= 0.6 is 11.6 Å². The molecule has 3 nitrogen and oxygen atoms in total. The third kappa shape index (κ3) is 4.35. The molecule has 0 unspecified atom stereocenters. The quantitative estimate of drug-likeness (QED) is 0.657. The summed E-state index contributed by atoms with van der Waals surface area (Å²) >= 11 is 5.57. The molecule has 0 aliphatic rings. The molecular formula is C6H7BClNaO3. The van der Waals surface area contributed by atoms with Crippen molar-refractivity contribution in [1.82, 2.24) is 0 Å². The van der Waals surface area contributed by atoms with Crippen LogP contribution in [-0.2, 0) is 0 Å². The van der Waals surface area contributed by atoms with Gasteiger partial charge in [0.05, 0.1) is 0 Å². The third-order valence-electron chi connectivity index (χ3n) is 1.06. The van der Waals surface area contributed by atoms with Crippen molar-refractivity contribution in [1.29, 1.82) is 0 Å². The van der Waals surface area contributed by atoms with E-state index < -0.39 is 7.32 Å². The normalized spacial score (nSPS) is 8.58. The molecule has 0 aromatic heterocycles. The van der Waals surface area contributed by atoms with Gasteiger partial charge in [0.15, 0.2) is 0 Å². The van der Waals surface area contributed by atoms with Crippen molar-refractivity contribution in [3.05, 3.63) is 29.3 Å². The predicted octanol–water partition coefficient (Wildman–Crippen LogP) is 0.0398. The summed E-state index contributed by atoms with van der Waals surface area (Å²) in [4.78, 5) is 0. The minimum absolute atomic E-state index is 0. The first-order chi connectivity index (χ1) is 5.18. The van der Waals surface area contributed by atoms with Gasteiger partial charge in [-0.1, -0.05) is 11.6 Å². The fourth-order valence-electron chi connectivity index (χ4n) is 0.635. The molecule has 1 rings (SSSR count). The van der Waals surface area contributed by atoms with Crippen LogP contribution in [0.4, 0.5) is 0 Å². The van der Waals surface area contributed by atoms with Crippen LogP contribution < -0.4 is 4.65 Å². The van der Waals surface area contributed by atoms with Crippen LogP contribution in [0.1, 0.15) is 0 Å². The Kier molecular flexibility index (Phi) is 6.00. The Morgan fingerprint density at radius 2 is 1.67 bits per heavy atom. The van der Waals surface area contributed by atoms with Crippen LogP contribution in [0, 0.1) is 0 Å². The van der Waals surface area contributed by atoms with Gasteiger partial charge in [-0.3, -0.25) is 0 Å². The van der Waals surface area contributed by atoms with Gasteiger partial charge in [-0.2, -0.15) is 0 Å². The van der Waals surface area contributed by atoms with Crippen molar-refractivity contribution < 1.29 is 14.7 Å². The second kappa shape index (κ2) is 5.86. The van der Waals surface area contributed by atoms with Gasteiger partial charge in [-0.15, -0.1) is 0 Å². The molecule has 0 saturated carbocycles. The molecule has 0 aliphatic carbocycles. The molecule has 0 aliphatic heterocycles. The topological polar surface area (TPSA) is 49.7 Å². The Morgan fingerprint density at radius 1 is 1.17 bits per heavy atom. The van der Waals surface area contributed by atoms with Crippen molar-refractivity contribution in [2.75, 3.05) is 0 Å². The maximum absolute atomic E-state index is 8.38. The van der Waals surface area contributed by atoms with E-state index in [1.54, 1.807) is 24.3 Å². The summed E-state index contributed by atoms with van der Waals surface area (Å²) in [7, 11) is -1.78. The Hall–Kier alpha value is 0.295. The van der Waals surface area contributed by atoms with E-state index in [-0.39, 0.29) is 29.6 Å². The van der Waals surface area contributed by atoms with Crippen molar-refractivity contribution in [2.24, 2.45) is 0 Å². The van der Waals surface area contributed by atoms with E-state index in [9.17, 15) is 0 Å². The van der Waals surface area contributed by atoms with E-state index in [2.05, 4.69) is 4.65 Å². The van der Waals surface area contributed by atoms with Gasteiger partial charge in [0, 0.05) is 5.02 Å². The zero-order valence-corrected chi connectivity index (χ0v) is 6.32. The average Bonchev–Trinajstić information content (AvgIpc) is 1.93.